The zero-order chi connectivity index (χ0) is 12.8. The van der Waals surface area contributed by atoms with Crippen LogP contribution < -0.4 is 22.1 Å². The number of amides is 2. The lowest BCUT2D eigenvalue weighted by molar-refractivity contribution is -0.120. The van der Waals surface area contributed by atoms with Gasteiger partial charge in [-0.25, -0.2) is 0 Å². The summed E-state index contributed by atoms with van der Waals surface area (Å²) in [7, 11) is 1.58. The summed E-state index contributed by atoms with van der Waals surface area (Å²) < 4.78 is 0. The van der Waals surface area contributed by atoms with Crippen LogP contribution in [0.4, 0.5) is 11.4 Å². The van der Waals surface area contributed by atoms with Gasteiger partial charge in [-0.05, 0) is 18.2 Å². The Morgan fingerprint density at radius 1 is 1.35 bits per heavy atom. The number of carbonyl (C=O) groups excluding carboxylic acids is 2. The van der Waals surface area contributed by atoms with Gasteiger partial charge in [0.25, 0.3) is 5.91 Å². The molecule has 6 N–H and O–H groups in total. The molecule has 0 saturated heterocycles. The van der Waals surface area contributed by atoms with Crippen molar-refractivity contribution in [2.45, 2.75) is 6.42 Å². The van der Waals surface area contributed by atoms with Crippen molar-refractivity contribution < 1.29 is 9.59 Å². The Morgan fingerprint density at radius 2 is 2.06 bits per heavy atom. The highest BCUT2D eigenvalue weighted by Crippen LogP contribution is 2.17. The lowest BCUT2D eigenvalue weighted by Crippen LogP contribution is -2.21. The van der Waals surface area contributed by atoms with Gasteiger partial charge in [-0.15, -0.1) is 0 Å². The van der Waals surface area contributed by atoms with Crippen LogP contribution in [0.1, 0.15) is 16.8 Å². The summed E-state index contributed by atoms with van der Waals surface area (Å²) in [6.07, 6.45) is 0.354. The fraction of sp³-hybridized carbons (Fsp3) is 0.273. The van der Waals surface area contributed by atoms with Gasteiger partial charge in [0.05, 0.1) is 5.56 Å². The molecule has 0 fully saturated rings. The topological polar surface area (TPSA) is 110 Å². The van der Waals surface area contributed by atoms with Gasteiger partial charge in [-0.2, -0.15) is 0 Å². The predicted octanol–water partition coefficient (Wildman–Crippen LogP) is -0.0843. The van der Waals surface area contributed by atoms with Crippen LogP contribution in [0.5, 0.6) is 0 Å². The van der Waals surface area contributed by atoms with E-state index in [1.165, 1.54) is 0 Å². The maximum atomic E-state index is 11.1. The monoisotopic (exact) mass is 236 g/mol. The Labute approximate surface area is 99.4 Å². The molecule has 2 amide bonds. The molecule has 0 heterocycles. The van der Waals surface area contributed by atoms with Crippen LogP contribution in [0.15, 0.2) is 18.2 Å². The molecule has 1 aromatic rings. The van der Waals surface area contributed by atoms with Crippen LogP contribution in [0, 0.1) is 0 Å². The molecule has 6 heteroatoms. The molecule has 1 rings (SSSR count). The Balaban J connectivity index is 2.63. The minimum Gasteiger partial charge on any atom is -0.398 e. The van der Waals surface area contributed by atoms with Gasteiger partial charge in [0, 0.05) is 31.4 Å². The average Bonchev–Trinajstić information content (AvgIpc) is 2.30. The molecule has 0 saturated carbocycles. The zero-order valence-corrected chi connectivity index (χ0v) is 9.62. The van der Waals surface area contributed by atoms with E-state index in [0.717, 1.165) is 0 Å². The molecule has 1 aromatic carbocycles. The minimum absolute atomic E-state index is 0.0527. The van der Waals surface area contributed by atoms with E-state index >= 15 is 0 Å². The molecule has 0 radical (unpaired) electrons. The van der Waals surface area contributed by atoms with Gasteiger partial charge < -0.3 is 22.1 Å². The van der Waals surface area contributed by atoms with Crippen LogP contribution >= 0.6 is 0 Å². The number of rotatable bonds is 5. The van der Waals surface area contributed by atoms with Crippen LogP contribution in [0.3, 0.4) is 0 Å². The molecule has 0 bridgehead atoms. The predicted molar refractivity (Wildman–Crippen MR) is 66.5 cm³/mol. The summed E-state index contributed by atoms with van der Waals surface area (Å²) in [6.45, 7) is 0.474. The first kappa shape index (κ1) is 12.8. The minimum atomic E-state index is -0.572. The molecular weight excluding hydrogens is 220 g/mol. The number of benzene rings is 1. The van der Waals surface area contributed by atoms with E-state index in [1.54, 1.807) is 25.2 Å². The van der Waals surface area contributed by atoms with E-state index < -0.39 is 5.91 Å². The van der Waals surface area contributed by atoms with Crippen molar-refractivity contribution in [2.24, 2.45) is 5.73 Å². The summed E-state index contributed by atoms with van der Waals surface area (Å²) in [6, 6.07) is 4.90. The quantitative estimate of drug-likeness (QED) is 0.536. The van der Waals surface area contributed by atoms with Crippen LogP contribution in [0.2, 0.25) is 0 Å². The average molecular weight is 236 g/mol. The SMILES string of the molecule is CNC(=O)CCNc1ccc(N)c(C(N)=O)c1. The molecular formula is C11H16N4O2. The number of nitrogens with one attached hydrogen (secondary N) is 2. The molecule has 0 spiro atoms. The molecule has 6 nitrogen and oxygen atoms in total. The van der Waals surface area contributed by atoms with E-state index in [0.29, 0.717) is 24.3 Å². The van der Waals surface area contributed by atoms with Gasteiger partial charge >= 0.3 is 0 Å². The van der Waals surface area contributed by atoms with Crippen molar-refractivity contribution in [3.63, 3.8) is 0 Å². The summed E-state index contributed by atoms with van der Waals surface area (Å²) in [5, 5.41) is 5.53. The van der Waals surface area contributed by atoms with Crippen molar-refractivity contribution in [2.75, 3.05) is 24.6 Å². The largest absolute Gasteiger partial charge is 0.398 e. The van der Waals surface area contributed by atoms with Crippen molar-refractivity contribution in [3.05, 3.63) is 23.8 Å². The Bertz CT molecular complexity index is 431. The first-order valence-electron chi connectivity index (χ1n) is 5.18. The first-order chi connectivity index (χ1) is 8.04. The molecule has 92 valence electrons. The number of nitrogens with two attached hydrogens (primary N) is 2. The number of carbonyl (C=O) groups is 2. The van der Waals surface area contributed by atoms with E-state index in [4.69, 9.17) is 11.5 Å². The van der Waals surface area contributed by atoms with Crippen LogP contribution in [-0.4, -0.2) is 25.4 Å². The van der Waals surface area contributed by atoms with Crippen LogP contribution in [-0.2, 0) is 4.79 Å². The fourth-order valence-corrected chi connectivity index (χ4v) is 1.32. The molecule has 0 aliphatic carbocycles. The lowest BCUT2D eigenvalue weighted by atomic mass is 10.1. The number of hydrogen-bond donors (Lipinski definition) is 4. The van der Waals surface area contributed by atoms with Gasteiger partial charge in [0.15, 0.2) is 0 Å². The molecule has 0 aliphatic rings. The van der Waals surface area contributed by atoms with Gasteiger partial charge in [0.2, 0.25) is 5.91 Å². The van der Waals surface area contributed by atoms with Gasteiger partial charge in [-0.1, -0.05) is 0 Å². The summed E-state index contributed by atoms with van der Waals surface area (Å²) >= 11 is 0. The summed E-state index contributed by atoms with van der Waals surface area (Å²) in [4.78, 5) is 22.0. The Morgan fingerprint density at radius 3 is 2.65 bits per heavy atom. The lowest BCUT2D eigenvalue weighted by Gasteiger charge is -2.08. The molecule has 0 aromatic heterocycles. The van der Waals surface area contributed by atoms with E-state index in [-0.39, 0.29) is 11.5 Å². The normalized spacial score (nSPS) is 9.71. The molecule has 0 aliphatic heterocycles. The highest BCUT2D eigenvalue weighted by molar-refractivity contribution is 5.98. The van der Waals surface area contributed by atoms with Crippen molar-refractivity contribution in [3.8, 4) is 0 Å². The van der Waals surface area contributed by atoms with E-state index in [9.17, 15) is 9.59 Å². The molecule has 17 heavy (non-hydrogen) atoms. The highest BCUT2D eigenvalue weighted by Gasteiger charge is 2.06. The Kier molecular flexibility index (Phi) is 4.33. The maximum absolute atomic E-state index is 11.1. The van der Waals surface area contributed by atoms with E-state index in [2.05, 4.69) is 10.6 Å². The molecule has 0 unspecified atom stereocenters. The van der Waals surface area contributed by atoms with Gasteiger partial charge in [0.1, 0.15) is 0 Å². The second-order valence-electron chi connectivity index (χ2n) is 3.52. The van der Waals surface area contributed by atoms with Crippen molar-refractivity contribution in [1.82, 2.24) is 5.32 Å². The second-order valence-corrected chi connectivity index (χ2v) is 3.52. The van der Waals surface area contributed by atoms with Crippen LogP contribution in [0.25, 0.3) is 0 Å². The van der Waals surface area contributed by atoms with Gasteiger partial charge in [-0.3, -0.25) is 9.59 Å². The zero-order valence-electron chi connectivity index (χ0n) is 9.62. The van der Waals surface area contributed by atoms with Crippen molar-refractivity contribution in [1.29, 1.82) is 0 Å². The second kappa shape index (κ2) is 5.74. The third-order valence-electron chi connectivity index (χ3n) is 2.28. The molecule has 0 atom stereocenters. The Hall–Kier alpha value is -2.24. The third-order valence-corrected chi connectivity index (χ3v) is 2.28. The first-order valence-corrected chi connectivity index (χ1v) is 5.18. The summed E-state index contributed by atoms with van der Waals surface area (Å²) in [5.74, 6) is -0.625. The standard InChI is InChI=1S/C11H16N4O2/c1-14-10(16)4-5-15-7-2-3-9(12)8(6-7)11(13)17/h2-3,6,15H,4-5,12H2,1H3,(H2,13,17)(H,14,16). The number of primary amides is 1. The maximum Gasteiger partial charge on any atom is 0.250 e. The highest BCUT2D eigenvalue weighted by atomic mass is 16.1. The number of nitrogen functional groups attached to an aromatic ring is 1. The number of hydrogen-bond acceptors (Lipinski definition) is 4. The number of anilines is 2. The van der Waals surface area contributed by atoms with Crippen molar-refractivity contribution >= 4 is 23.2 Å². The van der Waals surface area contributed by atoms with E-state index in [1.807, 2.05) is 0 Å². The fourth-order valence-electron chi connectivity index (χ4n) is 1.32. The smallest absolute Gasteiger partial charge is 0.250 e. The summed E-state index contributed by atoms with van der Waals surface area (Å²) in [5.41, 5.74) is 12.1. The third kappa shape index (κ3) is 3.67.